The summed E-state index contributed by atoms with van der Waals surface area (Å²) in [6.45, 7) is 1.57. The Morgan fingerprint density at radius 1 is 1.33 bits per heavy atom. The number of amides is 1. The summed E-state index contributed by atoms with van der Waals surface area (Å²) >= 11 is 3.35. The number of nitrogens with one attached hydrogen (secondary N) is 1. The van der Waals surface area contributed by atoms with Crippen LogP contribution < -0.4 is 15.0 Å². The standard InChI is InChI=1S/C16H18BrN5O2/c1-24-15-13(17)10-19-16(21-15)22-8-4-12(5-9-22)20-14(23)11-2-6-18-7-3-11/h2-3,6-7,10,12H,4-5,8-9H2,1H3,(H,20,23). The van der Waals surface area contributed by atoms with E-state index in [1.165, 1.54) is 0 Å². The number of methoxy groups -OCH3 is 1. The number of nitrogens with zero attached hydrogens (tertiary/aromatic N) is 4. The van der Waals surface area contributed by atoms with E-state index in [9.17, 15) is 4.79 Å². The number of hydrogen-bond donors (Lipinski definition) is 1. The molecule has 3 heterocycles. The Balaban J connectivity index is 1.57. The van der Waals surface area contributed by atoms with Crippen LogP contribution in [0.5, 0.6) is 5.88 Å². The molecule has 3 rings (SSSR count). The molecule has 0 saturated carbocycles. The maximum atomic E-state index is 12.2. The first kappa shape index (κ1) is 16.6. The summed E-state index contributed by atoms with van der Waals surface area (Å²) in [5.41, 5.74) is 0.633. The van der Waals surface area contributed by atoms with Crippen LogP contribution in [0.25, 0.3) is 0 Å². The Morgan fingerprint density at radius 3 is 2.71 bits per heavy atom. The molecule has 0 unspecified atom stereocenters. The number of ether oxygens (including phenoxy) is 1. The zero-order valence-corrected chi connectivity index (χ0v) is 14.9. The molecule has 7 nitrogen and oxygen atoms in total. The van der Waals surface area contributed by atoms with E-state index >= 15 is 0 Å². The summed E-state index contributed by atoms with van der Waals surface area (Å²) in [6.07, 6.45) is 6.63. The molecule has 0 bridgehead atoms. The highest BCUT2D eigenvalue weighted by Crippen LogP contribution is 2.25. The molecular weight excluding hydrogens is 374 g/mol. The summed E-state index contributed by atoms with van der Waals surface area (Å²) in [5.74, 6) is 1.11. The van der Waals surface area contributed by atoms with Gasteiger partial charge in [0.2, 0.25) is 11.8 Å². The number of carbonyl (C=O) groups is 1. The second-order valence-corrected chi connectivity index (χ2v) is 6.35. The summed E-state index contributed by atoms with van der Waals surface area (Å²) in [6, 6.07) is 3.58. The molecule has 126 valence electrons. The third-order valence-corrected chi connectivity index (χ3v) is 4.49. The van der Waals surface area contributed by atoms with Crippen molar-refractivity contribution in [3.05, 3.63) is 40.8 Å². The molecule has 1 aliphatic heterocycles. The van der Waals surface area contributed by atoms with E-state index in [1.807, 2.05) is 0 Å². The number of halogens is 1. The average Bonchev–Trinajstić information content (AvgIpc) is 2.63. The van der Waals surface area contributed by atoms with Crippen molar-refractivity contribution >= 4 is 27.8 Å². The normalized spacial score (nSPS) is 15.2. The number of aromatic nitrogens is 3. The quantitative estimate of drug-likeness (QED) is 0.858. The first-order chi connectivity index (χ1) is 11.7. The molecule has 0 spiro atoms. The fraction of sp³-hybridized carbons (Fsp3) is 0.375. The van der Waals surface area contributed by atoms with Crippen molar-refractivity contribution in [3.8, 4) is 5.88 Å². The van der Waals surface area contributed by atoms with Gasteiger partial charge in [-0.25, -0.2) is 4.98 Å². The summed E-state index contributed by atoms with van der Waals surface area (Å²) < 4.78 is 5.94. The van der Waals surface area contributed by atoms with Crippen LogP contribution in [0.2, 0.25) is 0 Å². The first-order valence-corrected chi connectivity index (χ1v) is 8.49. The zero-order valence-electron chi connectivity index (χ0n) is 13.3. The molecule has 1 fully saturated rings. The highest BCUT2D eigenvalue weighted by Gasteiger charge is 2.23. The molecule has 0 aromatic carbocycles. The van der Waals surface area contributed by atoms with Gasteiger partial charge in [-0.05, 0) is 40.9 Å². The molecule has 8 heteroatoms. The highest BCUT2D eigenvalue weighted by molar-refractivity contribution is 9.10. The summed E-state index contributed by atoms with van der Waals surface area (Å²) in [4.78, 5) is 26.9. The van der Waals surface area contributed by atoms with E-state index in [0.29, 0.717) is 17.4 Å². The molecule has 0 aliphatic carbocycles. The van der Waals surface area contributed by atoms with Crippen LogP contribution in [0.1, 0.15) is 23.2 Å². The number of carbonyl (C=O) groups excluding carboxylic acids is 1. The molecule has 0 atom stereocenters. The van der Waals surface area contributed by atoms with Crippen LogP contribution in [0.3, 0.4) is 0 Å². The SMILES string of the molecule is COc1nc(N2CCC(NC(=O)c3ccncc3)CC2)ncc1Br. The monoisotopic (exact) mass is 391 g/mol. The van der Waals surface area contributed by atoms with Crippen molar-refractivity contribution in [3.63, 3.8) is 0 Å². The zero-order chi connectivity index (χ0) is 16.9. The Morgan fingerprint density at radius 2 is 2.04 bits per heavy atom. The van der Waals surface area contributed by atoms with E-state index in [-0.39, 0.29) is 11.9 Å². The van der Waals surface area contributed by atoms with Gasteiger partial charge >= 0.3 is 0 Å². The topological polar surface area (TPSA) is 80.2 Å². The smallest absolute Gasteiger partial charge is 0.251 e. The van der Waals surface area contributed by atoms with E-state index in [0.717, 1.165) is 30.4 Å². The molecule has 1 saturated heterocycles. The van der Waals surface area contributed by atoms with Crippen molar-refractivity contribution < 1.29 is 9.53 Å². The van der Waals surface area contributed by atoms with Gasteiger partial charge in [0.05, 0.1) is 17.8 Å². The number of rotatable bonds is 4. The lowest BCUT2D eigenvalue weighted by atomic mass is 10.0. The van der Waals surface area contributed by atoms with Gasteiger partial charge < -0.3 is 15.0 Å². The van der Waals surface area contributed by atoms with E-state index in [1.54, 1.807) is 37.8 Å². The fourth-order valence-electron chi connectivity index (χ4n) is 2.63. The number of hydrogen-bond acceptors (Lipinski definition) is 6. The number of pyridine rings is 1. The molecule has 2 aromatic rings. The second-order valence-electron chi connectivity index (χ2n) is 5.50. The van der Waals surface area contributed by atoms with Gasteiger partial charge in [-0.15, -0.1) is 0 Å². The van der Waals surface area contributed by atoms with Gasteiger partial charge in [0.15, 0.2) is 0 Å². The second kappa shape index (κ2) is 7.57. The van der Waals surface area contributed by atoms with Crippen LogP contribution in [-0.2, 0) is 0 Å². The molecule has 24 heavy (non-hydrogen) atoms. The van der Waals surface area contributed by atoms with Gasteiger partial charge in [-0.2, -0.15) is 4.98 Å². The highest BCUT2D eigenvalue weighted by atomic mass is 79.9. The van der Waals surface area contributed by atoms with Crippen LogP contribution >= 0.6 is 15.9 Å². The minimum atomic E-state index is -0.0580. The lowest BCUT2D eigenvalue weighted by Gasteiger charge is -2.32. The predicted octanol–water partition coefficient (Wildman–Crippen LogP) is 2.04. The maximum Gasteiger partial charge on any atom is 0.251 e. The minimum absolute atomic E-state index is 0.0580. The Hall–Kier alpha value is -2.22. The maximum absolute atomic E-state index is 12.2. The number of piperidine rings is 1. The molecular formula is C16H18BrN5O2. The largest absolute Gasteiger partial charge is 0.480 e. The van der Waals surface area contributed by atoms with Gasteiger partial charge in [-0.3, -0.25) is 9.78 Å². The van der Waals surface area contributed by atoms with Crippen molar-refractivity contribution in [2.45, 2.75) is 18.9 Å². The van der Waals surface area contributed by atoms with Crippen LogP contribution in [0.15, 0.2) is 35.2 Å². The fourth-order valence-corrected chi connectivity index (χ4v) is 2.99. The van der Waals surface area contributed by atoms with E-state index in [4.69, 9.17) is 4.74 Å². The number of anilines is 1. The van der Waals surface area contributed by atoms with E-state index in [2.05, 4.69) is 41.1 Å². The molecule has 2 aromatic heterocycles. The predicted molar refractivity (Wildman–Crippen MR) is 93.2 cm³/mol. The first-order valence-electron chi connectivity index (χ1n) is 7.69. The van der Waals surface area contributed by atoms with Gasteiger partial charge in [0, 0.05) is 37.1 Å². The average molecular weight is 392 g/mol. The molecule has 1 N–H and O–H groups in total. The van der Waals surface area contributed by atoms with Crippen molar-refractivity contribution in [2.75, 3.05) is 25.1 Å². The summed E-state index contributed by atoms with van der Waals surface area (Å²) in [7, 11) is 1.58. The third kappa shape index (κ3) is 3.81. The van der Waals surface area contributed by atoms with Crippen molar-refractivity contribution in [1.82, 2.24) is 20.3 Å². The minimum Gasteiger partial charge on any atom is -0.480 e. The van der Waals surface area contributed by atoms with Crippen LogP contribution in [-0.4, -0.2) is 47.1 Å². The van der Waals surface area contributed by atoms with Crippen molar-refractivity contribution in [1.29, 1.82) is 0 Å². The Labute approximate surface area is 148 Å². The van der Waals surface area contributed by atoms with Crippen LogP contribution in [0.4, 0.5) is 5.95 Å². The lowest BCUT2D eigenvalue weighted by molar-refractivity contribution is 0.0931. The molecule has 1 amide bonds. The van der Waals surface area contributed by atoms with E-state index < -0.39 is 0 Å². The van der Waals surface area contributed by atoms with Gasteiger partial charge in [0.25, 0.3) is 5.91 Å². The van der Waals surface area contributed by atoms with Crippen molar-refractivity contribution in [2.24, 2.45) is 0 Å². The lowest BCUT2D eigenvalue weighted by Crippen LogP contribution is -2.45. The van der Waals surface area contributed by atoms with Gasteiger partial charge in [-0.1, -0.05) is 0 Å². The van der Waals surface area contributed by atoms with Gasteiger partial charge in [0.1, 0.15) is 0 Å². The molecule has 0 radical (unpaired) electrons. The Kier molecular flexibility index (Phi) is 5.24. The third-order valence-electron chi connectivity index (χ3n) is 3.95. The summed E-state index contributed by atoms with van der Waals surface area (Å²) in [5, 5.41) is 3.07. The Bertz CT molecular complexity index is 705. The van der Waals surface area contributed by atoms with Crippen LogP contribution in [0, 0.1) is 0 Å². The molecule has 1 aliphatic rings.